The van der Waals surface area contributed by atoms with Gasteiger partial charge in [-0.2, -0.15) is 0 Å². The number of benzene rings is 1. The molecule has 0 saturated carbocycles. The molecule has 0 saturated heterocycles. The van der Waals surface area contributed by atoms with Crippen LogP contribution in [0.2, 0.25) is 0 Å². The van der Waals surface area contributed by atoms with Gasteiger partial charge in [-0.1, -0.05) is 88.6 Å². The third-order valence-corrected chi connectivity index (χ3v) is 5.24. The Morgan fingerprint density at radius 2 is 1.13 bits per heavy atom. The minimum Gasteiger partial charge on any atom is -0.466 e. The summed E-state index contributed by atoms with van der Waals surface area (Å²) in [7, 11) is 0. The van der Waals surface area contributed by atoms with Crippen LogP contribution >= 0.6 is 0 Å². The highest BCUT2D eigenvalue weighted by atomic mass is 16.5. The summed E-state index contributed by atoms with van der Waals surface area (Å²) in [6.07, 6.45) is 15.0. The van der Waals surface area contributed by atoms with Gasteiger partial charge in [0.15, 0.2) is 0 Å². The first-order chi connectivity index (χ1) is 14.7. The van der Waals surface area contributed by atoms with Gasteiger partial charge in [-0.3, -0.25) is 9.59 Å². The molecule has 0 aromatic heterocycles. The molecule has 4 heteroatoms. The summed E-state index contributed by atoms with van der Waals surface area (Å²) in [6, 6.07) is 10.2. The highest BCUT2D eigenvalue weighted by Crippen LogP contribution is 2.09. The summed E-state index contributed by atoms with van der Waals surface area (Å²) in [6.45, 7) is 3.25. The van der Waals surface area contributed by atoms with Crippen LogP contribution in [0.4, 0.5) is 0 Å². The average Bonchev–Trinajstić information content (AvgIpc) is 2.76. The van der Waals surface area contributed by atoms with Crippen molar-refractivity contribution in [3.8, 4) is 0 Å². The zero-order valence-corrected chi connectivity index (χ0v) is 19.0. The summed E-state index contributed by atoms with van der Waals surface area (Å²) in [5, 5.41) is 0. The molecule has 30 heavy (non-hydrogen) atoms. The smallest absolute Gasteiger partial charge is 0.305 e. The van der Waals surface area contributed by atoms with E-state index in [1.807, 2.05) is 18.2 Å². The van der Waals surface area contributed by atoms with Gasteiger partial charge in [0, 0.05) is 12.8 Å². The van der Waals surface area contributed by atoms with Crippen LogP contribution in [-0.2, 0) is 25.5 Å². The van der Waals surface area contributed by atoms with Crippen molar-refractivity contribution in [2.24, 2.45) is 0 Å². The normalized spacial score (nSPS) is 10.7. The number of ether oxygens (including phenoxy) is 2. The number of hydrogen-bond acceptors (Lipinski definition) is 4. The Labute approximate surface area is 183 Å². The van der Waals surface area contributed by atoms with Gasteiger partial charge in [0.1, 0.15) is 0 Å². The predicted molar refractivity (Wildman–Crippen MR) is 122 cm³/mol. The van der Waals surface area contributed by atoms with Crippen LogP contribution in [-0.4, -0.2) is 25.2 Å². The Morgan fingerprint density at radius 1 is 0.633 bits per heavy atom. The van der Waals surface area contributed by atoms with Crippen molar-refractivity contribution in [2.75, 3.05) is 13.2 Å². The summed E-state index contributed by atoms with van der Waals surface area (Å²) in [5.41, 5.74) is 1.27. The first-order valence-corrected chi connectivity index (χ1v) is 12.1. The maximum absolute atomic E-state index is 11.7. The van der Waals surface area contributed by atoms with Crippen LogP contribution < -0.4 is 0 Å². The van der Waals surface area contributed by atoms with E-state index in [9.17, 15) is 9.59 Å². The number of esters is 2. The third-order valence-electron chi connectivity index (χ3n) is 5.24. The quantitative estimate of drug-likeness (QED) is 0.183. The Hall–Kier alpha value is -1.84. The first-order valence-electron chi connectivity index (χ1n) is 12.1. The third kappa shape index (κ3) is 16.0. The molecule has 0 aliphatic rings. The maximum atomic E-state index is 11.7. The molecule has 0 bridgehead atoms. The molecule has 0 radical (unpaired) electrons. The average molecular weight is 419 g/mol. The fourth-order valence-corrected chi connectivity index (χ4v) is 3.39. The molecule has 0 heterocycles. The number of rotatable bonds is 19. The molecule has 0 N–H and O–H groups in total. The lowest BCUT2D eigenvalue weighted by atomic mass is 10.1. The zero-order chi connectivity index (χ0) is 21.7. The van der Waals surface area contributed by atoms with E-state index in [2.05, 4.69) is 19.1 Å². The van der Waals surface area contributed by atoms with Gasteiger partial charge in [-0.05, 0) is 37.7 Å². The van der Waals surface area contributed by atoms with E-state index in [0.717, 1.165) is 44.9 Å². The van der Waals surface area contributed by atoms with E-state index in [0.29, 0.717) is 26.1 Å². The monoisotopic (exact) mass is 418 g/mol. The minimum atomic E-state index is -0.139. The van der Waals surface area contributed by atoms with Crippen molar-refractivity contribution in [1.29, 1.82) is 0 Å². The maximum Gasteiger partial charge on any atom is 0.305 e. The highest BCUT2D eigenvalue weighted by molar-refractivity contribution is 5.69. The highest BCUT2D eigenvalue weighted by Gasteiger charge is 2.05. The zero-order valence-electron chi connectivity index (χ0n) is 19.0. The van der Waals surface area contributed by atoms with Crippen molar-refractivity contribution < 1.29 is 19.1 Å². The molecule has 0 amide bonds. The summed E-state index contributed by atoms with van der Waals surface area (Å²) in [5.74, 6) is -0.248. The summed E-state index contributed by atoms with van der Waals surface area (Å²) >= 11 is 0. The lowest BCUT2D eigenvalue weighted by Gasteiger charge is -2.06. The largest absolute Gasteiger partial charge is 0.466 e. The van der Waals surface area contributed by atoms with E-state index in [-0.39, 0.29) is 11.9 Å². The van der Waals surface area contributed by atoms with Crippen molar-refractivity contribution in [1.82, 2.24) is 0 Å². The molecule has 4 nitrogen and oxygen atoms in total. The molecular weight excluding hydrogens is 376 g/mol. The fraction of sp³-hybridized carbons (Fsp3) is 0.692. The van der Waals surface area contributed by atoms with Crippen LogP contribution in [0.1, 0.15) is 102 Å². The second kappa shape index (κ2) is 19.1. The lowest BCUT2D eigenvalue weighted by Crippen LogP contribution is -2.07. The van der Waals surface area contributed by atoms with Gasteiger partial charge in [-0.15, -0.1) is 0 Å². The summed E-state index contributed by atoms with van der Waals surface area (Å²) in [4.78, 5) is 23.5. The predicted octanol–water partition coefficient (Wildman–Crippen LogP) is 6.80. The van der Waals surface area contributed by atoms with E-state index in [1.165, 1.54) is 44.1 Å². The Balaban J connectivity index is 1.84. The molecule has 0 spiro atoms. The van der Waals surface area contributed by atoms with E-state index >= 15 is 0 Å². The van der Waals surface area contributed by atoms with Crippen LogP contribution in [0, 0.1) is 0 Å². The molecule has 0 atom stereocenters. The molecule has 0 aliphatic heterocycles. The molecule has 1 aromatic carbocycles. The van der Waals surface area contributed by atoms with E-state index in [1.54, 1.807) is 0 Å². The number of aryl methyl sites for hydroxylation is 1. The Kier molecular flexibility index (Phi) is 16.7. The standard InChI is InChI=1S/C26H42O4/c1-2-3-4-5-6-7-8-15-22-29-25(27)20-13-10-14-21-26(28)30-23-16-19-24-17-11-9-12-18-24/h9,11-12,17-18H,2-8,10,13-16,19-23H2,1H3. The van der Waals surface area contributed by atoms with Crippen LogP contribution in [0.25, 0.3) is 0 Å². The van der Waals surface area contributed by atoms with Gasteiger partial charge in [0.2, 0.25) is 0 Å². The van der Waals surface area contributed by atoms with Gasteiger partial charge in [0.25, 0.3) is 0 Å². The van der Waals surface area contributed by atoms with Crippen LogP contribution in [0.3, 0.4) is 0 Å². The Morgan fingerprint density at radius 3 is 1.73 bits per heavy atom. The second-order valence-corrected chi connectivity index (χ2v) is 8.07. The summed E-state index contributed by atoms with van der Waals surface area (Å²) < 4.78 is 10.6. The number of carbonyl (C=O) groups excluding carboxylic acids is 2. The molecule has 0 unspecified atom stereocenters. The van der Waals surface area contributed by atoms with Gasteiger partial charge >= 0.3 is 11.9 Å². The minimum absolute atomic E-state index is 0.110. The Bertz CT molecular complexity index is 541. The van der Waals surface area contributed by atoms with Gasteiger partial charge in [-0.25, -0.2) is 0 Å². The van der Waals surface area contributed by atoms with Crippen LogP contribution in [0.15, 0.2) is 30.3 Å². The molecule has 170 valence electrons. The van der Waals surface area contributed by atoms with Crippen molar-refractivity contribution >= 4 is 11.9 Å². The van der Waals surface area contributed by atoms with Crippen molar-refractivity contribution in [3.63, 3.8) is 0 Å². The van der Waals surface area contributed by atoms with Gasteiger partial charge < -0.3 is 9.47 Å². The lowest BCUT2D eigenvalue weighted by molar-refractivity contribution is -0.144. The fourth-order valence-electron chi connectivity index (χ4n) is 3.39. The first kappa shape index (κ1) is 26.2. The molecule has 1 aromatic rings. The number of carbonyl (C=O) groups is 2. The number of unbranched alkanes of at least 4 members (excludes halogenated alkanes) is 9. The van der Waals surface area contributed by atoms with E-state index < -0.39 is 0 Å². The number of hydrogen-bond donors (Lipinski definition) is 0. The second-order valence-electron chi connectivity index (χ2n) is 8.07. The van der Waals surface area contributed by atoms with Gasteiger partial charge in [0.05, 0.1) is 13.2 Å². The van der Waals surface area contributed by atoms with Crippen LogP contribution in [0.5, 0.6) is 0 Å². The molecule has 0 aliphatic carbocycles. The van der Waals surface area contributed by atoms with Crippen molar-refractivity contribution in [3.05, 3.63) is 35.9 Å². The molecule has 1 rings (SSSR count). The SMILES string of the molecule is CCCCCCCCCCOC(=O)CCCCCC(=O)OCCCc1ccccc1. The molecule has 0 fully saturated rings. The van der Waals surface area contributed by atoms with E-state index in [4.69, 9.17) is 9.47 Å². The topological polar surface area (TPSA) is 52.6 Å². The molecular formula is C26H42O4. The van der Waals surface area contributed by atoms with Crippen molar-refractivity contribution in [2.45, 2.75) is 103 Å².